The van der Waals surface area contributed by atoms with Crippen LogP contribution in [0.15, 0.2) is 41.5 Å². The number of carbonyl (C=O) groups is 3. The van der Waals surface area contributed by atoms with Crippen molar-refractivity contribution in [3.05, 3.63) is 58.3 Å². The zero-order valence-electron chi connectivity index (χ0n) is 17.6. The van der Waals surface area contributed by atoms with Gasteiger partial charge in [-0.3, -0.25) is 23.7 Å². The molecule has 9 nitrogen and oxygen atoms in total. The molecule has 0 atom stereocenters. The molecule has 9 heteroatoms. The van der Waals surface area contributed by atoms with Gasteiger partial charge in [0.1, 0.15) is 6.54 Å². The lowest BCUT2D eigenvalue weighted by atomic mass is 9.95. The molecule has 0 saturated carbocycles. The molecule has 1 aromatic heterocycles. The highest BCUT2D eigenvalue weighted by Crippen LogP contribution is 2.17. The second-order valence-electron chi connectivity index (χ2n) is 7.88. The summed E-state index contributed by atoms with van der Waals surface area (Å²) in [6.07, 6.45) is 1.33. The minimum absolute atomic E-state index is 0.112. The second kappa shape index (κ2) is 9.82. The van der Waals surface area contributed by atoms with Crippen LogP contribution in [0.5, 0.6) is 0 Å². The first-order valence-corrected chi connectivity index (χ1v) is 9.56. The fraction of sp³-hybridized carbons (Fsp3) is 0.381. The van der Waals surface area contributed by atoms with E-state index in [4.69, 9.17) is 0 Å². The van der Waals surface area contributed by atoms with Crippen LogP contribution in [0.4, 0.5) is 5.69 Å². The van der Waals surface area contributed by atoms with Gasteiger partial charge in [-0.2, -0.15) is 0 Å². The van der Waals surface area contributed by atoms with Crippen molar-refractivity contribution in [2.24, 2.45) is 5.41 Å². The van der Waals surface area contributed by atoms with E-state index in [0.717, 1.165) is 0 Å². The van der Waals surface area contributed by atoms with Crippen LogP contribution in [0.2, 0.25) is 0 Å². The molecule has 1 heterocycles. The van der Waals surface area contributed by atoms with E-state index in [1.54, 1.807) is 31.2 Å². The van der Waals surface area contributed by atoms with Crippen molar-refractivity contribution in [3.63, 3.8) is 0 Å². The Morgan fingerprint density at radius 1 is 1.03 bits per heavy atom. The number of nitrogens with zero attached hydrogens (tertiary/aromatic N) is 2. The summed E-state index contributed by atoms with van der Waals surface area (Å²) in [6, 6.07) is 7.90. The molecule has 0 radical (unpaired) electrons. The van der Waals surface area contributed by atoms with E-state index >= 15 is 0 Å². The first-order chi connectivity index (χ1) is 14.1. The average molecular weight is 413 g/mol. The van der Waals surface area contributed by atoms with Gasteiger partial charge in [-0.15, -0.1) is 0 Å². The maximum atomic E-state index is 12.2. The Labute approximate surface area is 174 Å². The number of nitrogens with one attached hydrogen (secondary N) is 3. The van der Waals surface area contributed by atoms with Crippen molar-refractivity contribution >= 4 is 23.4 Å². The molecule has 0 fully saturated rings. The summed E-state index contributed by atoms with van der Waals surface area (Å²) < 4.78 is 1.21. The molecule has 2 rings (SSSR count). The fourth-order valence-electron chi connectivity index (χ4n) is 2.35. The Hall–Kier alpha value is -3.49. The van der Waals surface area contributed by atoms with E-state index in [-0.39, 0.29) is 42.9 Å². The Balaban J connectivity index is 1.75. The molecular weight excluding hydrogens is 386 g/mol. The highest BCUT2D eigenvalue weighted by atomic mass is 16.2. The Kier molecular flexibility index (Phi) is 7.46. The molecule has 1 aromatic carbocycles. The van der Waals surface area contributed by atoms with Gasteiger partial charge in [0.2, 0.25) is 11.8 Å². The Bertz CT molecular complexity index is 974. The first-order valence-electron chi connectivity index (χ1n) is 9.56. The lowest BCUT2D eigenvalue weighted by Gasteiger charge is -2.17. The third-order valence-electron chi connectivity index (χ3n) is 4.15. The third kappa shape index (κ3) is 6.84. The van der Waals surface area contributed by atoms with Gasteiger partial charge in [-0.05, 0) is 31.2 Å². The smallest absolute Gasteiger partial charge is 0.253 e. The maximum absolute atomic E-state index is 12.2. The van der Waals surface area contributed by atoms with Crippen molar-refractivity contribution in [1.82, 2.24) is 20.2 Å². The first kappa shape index (κ1) is 22.8. The van der Waals surface area contributed by atoms with Gasteiger partial charge in [0.05, 0.1) is 6.33 Å². The van der Waals surface area contributed by atoms with Crippen LogP contribution in [0, 0.1) is 12.3 Å². The number of aromatic nitrogens is 2. The number of hydrogen-bond acceptors (Lipinski definition) is 5. The van der Waals surface area contributed by atoms with Crippen LogP contribution in [0.3, 0.4) is 0 Å². The van der Waals surface area contributed by atoms with Crippen molar-refractivity contribution in [2.45, 2.75) is 34.2 Å². The SMILES string of the molecule is Cc1cc(=O)n(CC(=O)NCCNC(=O)c2ccc(NC(=O)C(C)(C)C)cc2)cn1. The highest BCUT2D eigenvalue weighted by Gasteiger charge is 2.21. The van der Waals surface area contributed by atoms with E-state index in [2.05, 4.69) is 20.9 Å². The zero-order valence-corrected chi connectivity index (χ0v) is 17.6. The maximum Gasteiger partial charge on any atom is 0.253 e. The molecule has 0 spiro atoms. The molecule has 0 unspecified atom stereocenters. The second-order valence-corrected chi connectivity index (χ2v) is 7.88. The quantitative estimate of drug-likeness (QED) is 0.587. The van der Waals surface area contributed by atoms with Crippen molar-refractivity contribution < 1.29 is 14.4 Å². The molecule has 0 aliphatic rings. The van der Waals surface area contributed by atoms with Crippen LogP contribution in [0.1, 0.15) is 36.8 Å². The van der Waals surface area contributed by atoms with Gasteiger partial charge in [0, 0.05) is 41.5 Å². The predicted molar refractivity (Wildman–Crippen MR) is 113 cm³/mol. The van der Waals surface area contributed by atoms with Crippen molar-refractivity contribution in [3.8, 4) is 0 Å². The number of aryl methyl sites for hydroxylation is 1. The van der Waals surface area contributed by atoms with Crippen LogP contribution in [-0.4, -0.2) is 40.4 Å². The monoisotopic (exact) mass is 413 g/mol. The van der Waals surface area contributed by atoms with Gasteiger partial charge in [-0.1, -0.05) is 20.8 Å². The molecule has 0 aliphatic carbocycles. The minimum Gasteiger partial charge on any atom is -0.353 e. The minimum atomic E-state index is -0.510. The number of carbonyl (C=O) groups excluding carboxylic acids is 3. The van der Waals surface area contributed by atoms with E-state index < -0.39 is 5.41 Å². The van der Waals surface area contributed by atoms with Crippen LogP contribution in [-0.2, 0) is 16.1 Å². The summed E-state index contributed by atoms with van der Waals surface area (Å²) in [7, 11) is 0. The largest absolute Gasteiger partial charge is 0.353 e. The summed E-state index contributed by atoms with van der Waals surface area (Å²) in [5, 5.41) is 8.13. The van der Waals surface area contributed by atoms with E-state index in [1.165, 1.54) is 17.0 Å². The molecule has 160 valence electrons. The molecule has 0 bridgehead atoms. The highest BCUT2D eigenvalue weighted by molar-refractivity contribution is 5.97. The molecule has 3 amide bonds. The third-order valence-corrected chi connectivity index (χ3v) is 4.15. The Morgan fingerprint density at radius 3 is 2.27 bits per heavy atom. The lowest BCUT2D eigenvalue weighted by molar-refractivity contribution is -0.123. The van der Waals surface area contributed by atoms with Gasteiger partial charge >= 0.3 is 0 Å². The molecular formula is C21H27N5O4. The normalized spacial score (nSPS) is 10.9. The zero-order chi connectivity index (χ0) is 22.3. The van der Waals surface area contributed by atoms with Crippen LogP contribution in [0.25, 0.3) is 0 Å². The molecule has 0 saturated heterocycles. The summed E-state index contributed by atoms with van der Waals surface area (Å²) in [4.78, 5) is 51.8. The van der Waals surface area contributed by atoms with Crippen molar-refractivity contribution in [2.75, 3.05) is 18.4 Å². The average Bonchev–Trinajstić information content (AvgIpc) is 2.67. The Morgan fingerprint density at radius 2 is 1.67 bits per heavy atom. The number of hydrogen-bond donors (Lipinski definition) is 3. The standard InChI is InChI=1S/C21H27N5O4/c1-14-11-18(28)26(13-24-14)12-17(27)22-9-10-23-19(29)15-5-7-16(8-6-15)25-20(30)21(2,3)4/h5-8,11,13H,9-10,12H2,1-4H3,(H,22,27)(H,23,29)(H,25,30). The summed E-state index contributed by atoms with van der Waals surface area (Å²) in [5.74, 6) is -0.757. The van der Waals surface area contributed by atoms with E-state index in [1.807, 2.05) is 20.8 Å². The fourth-order valence-corrected chi connectivity index (χ4v) is 2.35. The van der Waals surface area contributed by atoms with Crippen molar-refractivity contribution in [1.29, 1.82) is 0 Å². The van der Waals surface area contributed by atoms with Gasteiger partial charge in [-0.25, -0.2) is 4.98 Å². The predicted octanol–water partition coefficient (Wildman–Crippen LogP) is 1.08. The van der Waals surface area contributed by atoms with E-state index in [0.29, 0.717) is 16.9 Å². The van der Waals surface area contributed by atoms with Gasteiger partial charge in [0.25, 0.3) is 11.5 Å². The number of rotatable bonds is 7. The number of anilines is 1. The summed E-state index contributed by atoms with van der Waals surface area (Å²) in [6.45, 7) is 7.47. The molecule has 0 aliphatic heterocycles. The van der Waals surface area contributed by atoms with Gasteiger partial charge < -0.3 is 16.0 Å². The number of amides is 3. The molecule has 2 aromatic rings. The lowest BCUT2D eigenvalue weighted by Crippen LogP contribution is -2.37. The summed E-state index contributed by atoms with van der Waals surface area (Å²) in [5.41, 5.74) is 0.827. The molecule has 3 N–H and O–H groups in total. The van der Waals surface area contributed by atoms with Crippen LogP contribution < -0.4 is 21.5 Å². The van der Waals surface area contributed by atoms with E-state index in [9.17, 15) is 19.2 Å². The summed E-state index contributed by atoms with van der Waals surface area (Å²) >= 11 is 0. The number of benzene rings is 1. The molecule has 30 heavy (non-hydrogen) atoms. The topological polar surface area (TPSA) is 122 Å². The van der Waals surface area contributed by atoms with Gasteiger partial charge in [0.15, 0.2) is 0 Å². The van der Waals surface area contributed by atoms with Crippen LogP contribution >= 0.6 is 0 Å².